The van der Waals surface area contributed by atoms with Gasteiger partial charge in [-0.3, -0.25) is 4.79 Å². The van der Waals surface area contributed by atoms with Gasteiger partial charge in [0.25, 0.3) is 0 Å². The van der Waals surface area contributed by atoms with E-state index in [9.17, 15) is 14.0 Å². The van der Waals surface area contributed by atoms with E-state index in [1.807, 2.05) is 11.4 Å². The molecule has 2 aromatic carbocycles. The molecule has 0 saturated heterocycles. The molecule has 0 N–H and O–H groups in total. The van der Waals surface area contributed by atoms with Crippen LogP contribution >= 0.6 is 11.3 Å². The van der Waals surface area contributed by atoms with E-state index in [1.165, 1.54) is 29.7 Å². The Labute approximate surface area is 163 Å². The van der Waals surface area contributed by atoms with E-state index in [0.29, 0.717) is 16.6 Å². The lowest BCUT2D eigenvalue weighted by atomic mass is 10.1. The summed E-state index contributed by atoms with van der Waals surface area (Å²) >= 11 is 1.48. The highest BCUT2D eigenvalue weighted by molar-refractivity contribution is 7.13. The quantitative estimate of drug-likeness (QED) is 0.481. The van der Waals surface area contributed by atoms with E-state index in [2.05, 4.69) is 4.98 Å². The van der Waals surface area contributed by atoms with Gasteiger partial charge in [-0.05, 0) is 43.3 Å². The Morgan fingerprint density at radius 2 is 2.00 bits per heavy atom. The fraction of sp³-hybridized carbons (Fsp3) is 0.0952. The molecule has 2 heterocycles. The minimum Gasteiger partial charge on any atom is -0.462 e. The third-order valence-corrected chi connectivity index (χ3v) is 5.11. The van der Waals surface area contributed by atoms with Gasteiger partial charge in [0.1, 0.15) is 16.4 Å². The molecule has 4 aromatic rings. The summed E-state index contributed by atoms with van der Waals surface area (Å²) < 4.78 is 20.1. The maximum absolute atomic E-state index is 13.4. The number of benzene rings is 2. The van der Waals surface area contributed by atoms with Crippen LogP contribution in [0.5, 0.6) is 0 Å². The Morgan fingerprint density at radius 3 is 2.68 bits per heavy atom. The minimum atomic E-state index is -0.686. The SMILES string of the molecule is CCOC(=O)c1cn(-c2ccc(F)cc2)c2cc(-c3nccs3)ccc2c1=O. The van der Waals surface area contributed by atoms with Gasteiger partial charge in [0.05, 0.1) is 12.1 Å². The summed E-state index contributed by atoms with van der Waals surface area (Å²) in [6.45, 7) is 1.84. The second-order valence-electron chi connectivity index (χ2n) is 6.01. The monoisotopic (exact) mass is 394 g/mol. The number of halogens is 1. The van der Waals surface area contributed by atoms with Crippen LogP contribution in [0.1, 0.15) is 17.3 Å². The van der Waals surface area contributed by atoms with Crippen molar-refractivity contribution < 1.29 is 13.9 Å². The fourth-order valence-corrected chi connectivity index (χ4v) is 3.63. The maximum Gasteiger partial charge on any atom is 0.343 e. The van der Waals surface area contributed by atoms with Crippen LogP contribution < -0.4 is 5.43 Å². The highest BCUT2D eigenvalue weighted by atomic mass is 32.1. The smallest absolute Gasteiger partial charge is 0.343 e. The molecular formula is C21H15FN2O3S. The normalized spacial score (nSPS) is 10.9. The van der Waals surface area contributed by atoms with Crippen LogP contribution in [0, 0.1) is 5.82 Å². The molecule has 28 heavy (non-hydrogen) atoms. The van der Waals surface area contributed by atoms with Crippen molar-refractivity contribution in [2.45, 2.75) is 6.92 Å². The van der Waals surface area contributed by atoms with Gasteiger partial charge in [0.15, 0.2) is 0 Å². The number of ether oxygens (including phenoxy) is 1. The van der Waals surface area contributed by atoms with Crippen LogP contribution in [0.3, 0.4) is 0 Å². The number of nitrogens with zero attached hydrogens (tertiary/aromatic N) is 2. The number of hydrogen-bond acceptors (Lipinski definition) is 5. The molecule has 0 atom stereocenters. The van der Waals surface area contributed by atoms with Gasteiger partial charge in [0, 0.05) is 34.4 Å². The Morgan fingerprint density at radius 1 is 1.21 bits per heavy atom. The van der Waals surface area contributed by atoms with Crippen molar-refractivity contribution >= 4 is 28.2 Å². The molecule has 0 radical (unpaired) electrons. The van der Waals surface area contributed by atoms with E-state index in [4.69, 9.17) is 4.74 Å². The number of thiazole rings is 1. The molecule has 4 rings (SSSR count). The van der Waals surface area contributed by atoms with Crippen molar-refractivity contribution in [1.82, 2.24) is 9.55 Å². The standard InChI is InChI=1S/C21H15FN2O3S/c1-2-27-21(26)17-12-24(15-6-4-14(22)5-7-15)18-11-13(20-23-9-10-28-20)3-8-16(18)19(17)25/h3-12H,2H2,1H3. The van der Waals surface area contributed by atoms with Gasteiger partial charge in [-0.15, -0.1) is 11.3 Å². The summed E-state index contributed by atoms with van der Waals surface area (Å²) in [6, 6.07) is 11.1. The number of carbonyl (C=O) groups is 1. The first-order chi connectivity index (χ1) is 13.6. The summed E-state index contributed by atoms with van der Waals surface area (Å²) in [5.74, 6) is -1.06. The predicted octanol–water partition coefficient (Wildman–Crippen LogP) is 4.43. The molecule has 7 heteroatoms. The Bertz CT molecular complexity index is 1220. The van der Waals surface area contributed by atoms with Gasteiger partial charge in [0.2, 0.25) is 5.43 Å². The van der Waals surface area contributed by atoms with Crippen LogP contribution in [0.2, 0.25) is 0 Å². The molecule has 0 saturated carbocycles. The lowest BCUT2D eigenvalue weighted by molar-refractivity contribution is 0.0524. The van der Waals surface area contributed by atoms with Gasteiger partial charge in [-0.25, -0.2) is 14.2 Å². The highest BCUT2D eigenvalue weighted by Crippen LogP contribution is 2.27. The summed E-state index contributed by atoms with van der Waals surface area (Å²) in [6.07, 6.45) is 3.16. The number of fused-ring (bicyclic) bond motifs is 1. The Hall–Kier alpha value is -3.32. The largest absolute Gasteiger partial charge is 0.462 e. The van der Waals surface area contributed by atoms with Gasteiger partial charge in [-0.1, -0.05) is 6.07 Å². The van der Waals surface area contributed by atoms with Crippen LogP contribution in [-0.4, -0.2) is 22.1 Å². The van der Waals surface area contributed by atoms with Crippen molar-refractivity contribution in [2.24, 2.45) is 0 Å². The molecule has 0 bridgehead atoms. The summed E-state index contributed by atoms with van der Waals surface area (Å²) in [5, 5.41) is 3.06. The van der Waals surface area contributed by atoms with Crippen molar-refractivity contribution in [3.05, 3.63) is 81.8 Å². The van der Waals surface area contributed by atoms with Crippen LogP contribution in [0.15, 0.2) is 65.0 Å². The minimum absolute atomic E-state index is 0.0688. The fourth-order valence-electron chi connectivity index (χ4n) is 2.99. The van der Waals surface area contributed by atoms with Crippen molar-refractivity contribution in [2.75, 3.05) is 6.61 Å². The topological polar surface area (TPSA) is 61.2 Å². The molecule has 0 aliphatic heterocycles. The first kappa shape index (κ1) is 18.1. The van der Waals surface area contributed by atoms with E-state index in [-0.39, 0.29) is 18.0 Å². The number of hydrogen-bond donors (Lipinski definition) is 0. The Kier molecular flexibility index (Phi) is 4.75. The second kappa shape index (κ2) is 7.36. The van der Waals surface area contributed by atoms with E-state index in [0.717, 1.165) is 10.6 Å². The van der Waals surface area contributed by atoms with Crippen LogP contribution in [0.4, 0.5) is 4.39 Å². The molecule has 2 aromatic heterocycles. The third-order valence-electron chi connectivity index (χ3n) is 4.28. The lowest BCUT2D eigenvalue weighted by Gasteiger charge is -2.14. The predicted molar refractivity (Wildman–Crippen MR) is 107 cm³/mol. The number of esters is 1. The zero-order chi connectivity index (χ0) is 19.7. The number of pyridine rings is 1. The zero-order valence-electron chi connectivity index (χ0n) is 14.9. The lowest BCUT2D eigenvalue weighted by Crippen LogP contribution is -2.20. The maximum atomic E-state index is 13.4. The molecule has 5 nitrogen and oxygen atoms in total. The summed E-state index contributed by atoms with van der Waals surface area (Å²) in [5.41, 5.74) is 1.59. The van der Waals surface area contributed by atoms with Crippen molar-refractivity contribution in [1.29, 1.82) is 0 Å². The van der Waals surface area contributed by atoms with Crippen molar-refractivity contribution in [3.8, 4) is 16.3 Å². The molecule has 0 amide bonds. The van der Waals surface area contributed by atoms with Crippen LogP contribution in [-0.2, 0) is 4.74 Å². The molecular weight excluding hydrogens is 379 g/mol. The second-order valence-corrected chi connectivity index (χ2v) is 6.90. The van der Waals surface area contributed by atoms with Crippen LogP contribution in [0.25, 0.3) is 27.2 Å². The summed E-state index contributed by atoms with van der Waals surface area (Å²) in [7, 11) is 0. The van der Waals surface area contributed by atoms with E-state index in [1.54, 1.807) is 42.0 Å². The number of aromatic nitrogens is 2. The molecule has 0 spiro atoms. The third kappa shape index (κ3) is 3.20. The molecule has 0 aliphatic rings. The molecule has 0 fully saturated rings. The highest BCUT2D eigenvalue weighted by Gasteiger charge is 2.18. The van der Waals surface area contributed by atoms with E-state index < -0.39 is 11.4 Å². The molecule has 140 valence electrons. The summed E-state index contributed by atoms with van der Waals surface area (Å²) in [4.78, 5) is 29.5. The average Bonchev–Trinajstić information content (AvgIpc) is 3.24. The number of carbonyl (C=O) groups excluding carboxylic acids is 1. The van der Waals surface area contributed by atoms with E-state index >= 15 is 0 Å². The number of rotatable bonds is 4. The molecule has 0 unspecified atom stereocenters. The molecule has 0 aliphatic carbocycles. The van der Waals surface area contributed by atoms with Crippen molar-refractivity contribution in [3.63, 3.8) is 0 Å². The van der Waals surface area contributed by atoms with Gasteiger partial charge >= 0.3 is 5.97 Å². The zero-order valence-corrected chi connectivity index (χ0v) is 15.7. The average molecular weight is 394 g/mol. The Balaban J connectivity index is 2.02. The van der Waals surface area contributed by atoms with Gasteiger partial charge < -0.3 is 9.30 Å². The first-order valence-corrected chi connectivity index (χ1v) is 9.49. The first-order valence-electron chi connectivity index (χ1n) is 8.61. The van der Waals surface area contributed by atoms with Gasteiger partial charge in [-0.2, -0.15) is 0 Å².